The molecule has 1 heterocycles. The number of likely N-dealkylation sites (tertiary alicyclic amines) is 1. The number of hydrogen-bond donors (Lipinski definition) is 2. The van der Waals surface area contributed by atoms with Gasteiger partial charge in [-0.05, 0) is 44.8 Å². The molecule has 0 saturated carbocycles. The van der Waals surface area contributed by atoms with Crippen molar-refractivity contribution in [1.29, 1.82) is 0 Å². The summed E-state index contributed by atoms with van der Waals surface area (Å²) in [7, 11) is 4.25. The molecule has 0 aromatic rings. The fraction of sp³-hybridized carbons (Fsp3) is 1.00. The van der Waals surface area contributed by atoms with Crippen LogP contribution in [0.25, 0.3) is 0 Å². The zero-order chi connectivity index (χ0) is 12.0. The minimum absolute atomic E-state index is 0.419. The number of hydrogen-bond acceptors (Lipinski definition) is 3. The Morgan fingerprint density at radius 1 is 1.31 bits per heavy atom. The fourth-order valence-corrected chi connectivity index (χ4v) is 2.57. The highest BCUT2D eigenvalue weighted by Gasteiger charge is 2.31. The number of rotatable bonds is 6. The lowest BCUT2D eigenvalue weighted by Gasteiger charge is -2.40. The zero-order valence-corrected chi connectivity index (χ0v) is 11.5. The van der Waals surface area contributed by atoms with Gasteiger partial charge in [-0.25, -0.2) is 0 Å². The first-order valence-corrected chi connectivity index (χ1v) is 6.60. The van der Waals surface area contributed by atoms with Crippen molar-refractivity contribution in [3.8, 4) is 0 Å². The summed E-state index contributed by atoms with van der Waals surface area (Å²) in [6.07, 6.45) is 2.76. The monoisotopic (exact) mass is 227 g/mol. The number of nitrogens with zero attached hydrogens (tertiary/aromatic N) is 1. The lowest BCUT2D eigenvalue weighted by atomic mass is 9.74. The van der Waals surface area contributed by atoms with Gasteiger partial charge >= 0.3 is 0 Å². The average Bonchev–Trinajstić information content (AvgIpc) is 2.24. The van der Waals surface area contributed by atoms with Crippen LogP contribution < -0.4 is 10.6 Å². The van der Waals surface area contributed by atoms with E-state index in [2.05, 4.69) is 36.4 Å². The summed E-state index contributed by atoms with van der Waals surface area (Å²) in [6, 6.07) is 0. The standard InChI is InChI=1S/C13H29N3/c1-13(2,11-15-8-7-14-3)12-6-5-9-16(4)10-12/h12,14-15H,5-11H2,1-4H3. The van der Waals surface area contributed by atoms with Crippen molar-refractivity contribution >= 4 is 0 Å². The van der Waals surface area contributed by atoms with Crippen LogP contribution in [0.5, 0.6) is 0 Å². The van der Waals surface area contributed by atoms with E-state index in [1.165, 1.54) is 25.9 Å². The first-order valence-electron chi connectivity index (χ1n) is 6.60. The van der Waals surface area contributed by atoms with Crippen LogP contribution in [0.1, 0.15) is 26.7 Å². The average molecular weight is 227 g/mol. The third kappa shape index (κ3) is 4.40. The molecule has 1 unspecified atom stereocenters. The largest absolute Gasteiger partial charge is 0.318 e. The topological polar surface area (TPSA) is 27.3 Å². The molecular weight excluding hydrogens is 198 g/mol. The molecule has 1 atom stereocenters. The summed E-state index contributed by atoms with van der Waals surface area (Å²) in [4.78, 5) is 2.48. The second-order valence-electron chi connectivity index (χ2n) is 5.87. The third-order valence-corrected chi connectivity index (χ3v) is 3.86. The number of likely N-dealkylation sites (N-methyl/N-ethyl adjacent to an activating group) is 1. The third-order valence-electron chi connectivity index (χ3n) is 3.86. The Kier molecular flexibility index (Phi) is 5.73. The van der Waals surface area contributed by atoms with E-state index < -0.39 is 0 Å². The van der Waals surface area contributed by atoms with Gasteiger partial charge in [0.15, 0.2) is 0 Å². The van der Waals surface area contributed by atoms with Crippen LogP contribution in [0, 0.1) is 11.3 Å². The molecular formula is C13H29N3. The molecule has 1 saturated heterocycles. The minimum Gasteiger partial charge on any atom is -0.318 e. The van der Waals surface area contributed by atoms with Crippen molar-refractivity contribution in [3.05, 3.63) is 0 Å². The van der Waals surface area contributed by atoms with Gasteiger partial charge in [-0.15, -0.1) is 0 Å². The van der Waals surface area contributed by atoms with Gasteiger partial charge < -0.3 is 15.5 Å². The zero-order valence-electron chi connectivity index (χ0n) is 11.5. The van der Waals surface area contributed by atoms with Crippen molar-refractivity contribution in [3.63, 3.8) is 0 Å². The molecule has 0 aliphatic carbocycles. The van der Waals surface area contributed by atoms with Crippen LogP contribution in [0.15, 0.2) is 0 Å². The van der Waals surface area contributed by atoms with Crippen LogP contribution in [-0.2, 0) is 0 Å². The van der Waals surface area contributed by atoms with Crippen molar-refractivity contribution < 1.29 is 0 Å². The van der Waals surface area contributed by atoms with Crippen molar-refractivity contribution in [1.82, 2.24) is 15.5 Å². The molecule has 96 valence electrons. The van der Waals surface area contributed by atoms with E-state index in [1.807, 2.05) is 7.05 Å². The number of piperidine rings is 1. The molecule has 1 aliphatic rings. The van der Waals surface area contributed by atoms with E-state index in [0.29, 0.717) is 5.41 Å². The van der Waals surface area contributed by atoms with Crippen LogP contribution >= 0.6 is 0 Å². The van der Waals surface area contributed by atoms with E-state index in [-0.39, 0.29) is 0 Å². The summed E-state index contributed by atoms with van der Waals surface area (Å²) in [6.45, 7) is 10.6. The van der Waals surface area contributed by atoms with E-state index in [0.717, 1.165) is 25.6 Å². The molecule has 0 aromatic heterocycles. The lowest BCUT2D eigenvalue weighted by Crippen LogP contribution is -2.44. The Morgan fingerprint density at radius 2 is 2.06 bits per heavy atom. The van der Waals surface area contributed by atoms with Gasteiger partial charge in [0.25, 0.3) is 0 Å². The summed E-state index contributed by atoms with van der Waals surface area (Å²) in [5, 5.41) is 6.73. The first kappa shape index (κ1) is 13.9. The van der Waals surface area contributed by atoms with Gasteiger partial charge in [-0.1, -0.05) is 13.8 Å². The van der Waals surface area contributed by atoms with Crippen molar-refractivity contribution in [2.75, 3.05) is 46.8 Å². The fourth-order valence-electron chi connectivity index (χ4n) is 2.57. The van der Waals surface area contributed by atoms with Gasteiger partial charge in [0.2, 0.25) is 0 Å². The number of nitrogens with one attached hydrogen (secondary N) is 2. The Balaban J connectivity index is 2.30. The SMILES string of the molecule is CNCCNCC(C)(C)C1CCCN(C)C1. The van der Waals surface area contributed by atoms with Gasteiger partial charge in [-0.2, -0.15) is 0 Å². The van der Waals surface area contributed by atoms with Gasteiger partial charge in [0, 0.05) is 26.2 Å². The molecule has 1 fully saturated rings. The molecule has 0 radical (unpaired) electrons. The second kappa shape index (κ2) is 6.58. The molecule has 0 bridgehead atoms. The van der Waals surface area contributed by atoms with Gasteiger partial charge in [0.05, 0.1) is 0 Å². The molecule has 0 spiro atoms. The quantitative estimate of drug-likeness (QED) is 0.667. The van der Waals surface area contributed by atoms with E-state index in [4.69, 9.17) is 0 Å². The van der Waals surface area contributed by atoms with Gasteiger partial charge in [0.1, 0.15) is 0 Å². The minimum atomic E-state index is 0.419. The summed E-state index contributed by atoms with van der Waals surface area (Å²) in [5.41, 5.74) is 0.419. The maximum Gasteiger partial charge on any atom is 0.00768 e. The molecule has 0 amide bonds. The molecule has 0 aromatic carbocycles. The first-order chi connectivity index (χ1) is 7.56. The Labute approximate surface area is 101 Å². The molecule has 3 nitrogen and oxygen atoms in total. The Bertz CT molecular complexity index is 192. The predicted octanol–water partition coefficient (Wildman–Crippen LogP) is 1.16. The summed E-state index contributed by atoms with van der Waals surface area (Å²) < 4.78 is 0. The smallest absolute Gasteiger partial charge is 0.00768 e. The van der Waals surface area contributed by atoms with E-state index in [9.17, 15) is 0 Å². The Morgan fingerprint density at radius 3 is 2.69 bits per heavy atom. The summed E-state index contributed by atoms with van der Waals surface area (Å²) >= 11 is 0. The van der Waals surface area contributed by atoms with Crippen LogP contribution in [-0.4, -0.2) is 51.7 Å². The lowest BCUT2D eigenvalue weighted by molar-refractivity contribution is 0.103. The molecule has 2 N–H and O–H groups in total. The highest BCUT2D eigenvalue weighted by molar-refractivity contribution is 4.85. The Hall–Kier alpha value is -0.120. The normalized spacial score (nSPS) is 23.6. The van der Waals surface area contributed by atoms with Crippen LogP contribution in [0.2, 0.25) is 0 Å². The van der Waals surface area contributed by atoms with Crippen LogP contribution in [0.3, 0.4) is 0 Å². The molecule has 1 rings (SSSR count). The predicted molar refractivity (Wildman–Crippen MR) is 70.8 cm³/mol. The summed E-state index contributed by atoms with van der Waals surface area (Å²) in [5.74, 6) is 0.841. The highest BCUT2D eigenvalue weighted by Crippen LogP contribution is 2.32. The van der Waals surface area contributed by atoms with Crippen LogP contribution in [0.4, 0.5) is 0 Å². The molecule has 16 heavy (non-hydrogen) atoms. The van der Waals surface area contributed by atoms with Gasteiger partial charge in [-0.3, -0.25) is 0 Å². The van der Waals surface area contributed by atoms with E-state index >= 15 is 0 Å². The second-order valence-corrected chi connectivity index (χ2v) is 5.87. The molecule has 1 aliphatic heterocycles. The van der Waals surface area contributed by atoms with E-state index in [1.54, 1.807) is 0 Å². The maximum absolute atomic E-state index is 3.56. The maximum atomic E-state index is 3.56. The van der Waals surface area contributed by atoms with Crippen molar-refractivity contribution in [2.24, 2.45) is 11.3 Å². The highest BCUT2D eigenvalue weighted by atomic mass is 15.1. The molecule has 3 heteroatoms. The van der Waals surface area contributed by atoms with Crippen molar-refractivity contribution in [2.45, 2.75) is 26.7 Å².